The van der Waals surface area contributed by atoms with Crippen LogP contribution >= 0.6 is 22.9 Å². The summed E-state index contributed by atoms with van der Waals surface area (Å²) in [6.45, 7) is 0. The van der Waals surface area contributed by atoms with E-state index in [0.29, 0.717) is 12.0 Å². The summed E-state index contributed by atoms with van der Waals surface area (Å²) in [7, 11) is 0. The van der Waals surface area contributed by atoms with Gasteiger partial charge in [0.25, 0.3) is 0 Å². The third-order valence-corrected chi connectivity index (χ3v) is 3.49. The van der Waals surface area contributed by atoms with Gasteiger partial charge in [-0.2, -0.15) is 0 Å². The molecule has 0 bridgehead atoms. The zero-order valence-corrected chi connectivity index (χ0v) is 9.59. The Balaban J connectivity index is 1.93. The summed E-state index contributed by atoms with van der Waals surface area (Å²) in [4.78, 5) is 1.27. The van der Waals surface area contributed by atoms with Crippen molar-refractivity contribution in [2.75, 3.05) is 0 Å². The summed E-state index contributed by atoms with van der Waals surface area (Å²) in [5.41, 5.74) is 0.674. The molecular weight excluding hydrogens is 232 g/mol. The van der Waals surface area contributed by atoms with E-state index >= 15 is 0 Å². The van der Waals surface area contributed by atoms with Crippen LogP contribution in [0.25, 0.3) is 0 Å². The van der Waals surface area contributed by atoms with Crippen LogP contribution in [0.1, 0.15) is 23.0 Å². The molecule has 2 nitrogen and oxygen atoms in total. The molecule has 0 amide bonds. The predicted molar refractivity (Wildman–Crippen MR) is 61.3 cm³/mol. The van der Waals surface area contributed by atoms with Gasteiger partial charge in [-0.25, -0.2) is 0 Å². The minimum absolute atomic E-state index is 0.286. The summed E-state index contributed by atoms with van der Waals surface area (Å²) in [6.07, 6.45) is 2.48. The van der Waals surface area contributed by atoms with Gasteiger partial charge in [-0.05, 0) is 42.0 Å². The Bertz CT molecular complexity index is 408. The molecule has 0 aliphatic rings. The van der Waals surface area contributed by atoms with Crippen LogP contribution in [0.15, 0.2) is 34.3 Å². The number of aryl methyl sites for hydroxylation is 1. The first-order valence-electron chi connectivity index (χ1n) is 4.70. The fourth-order valence-electron chi connectivity index (χ4n) is 1.43. The maximum absolute atomic E-state index is 9.85. The summed E-state index contributed by atoms with van der Waals surface area (Å²) in [6, 6.07) is 5.78. The van der Waals surface area contributed by atoms with E-state index in [1.165, 1.54) is 11.1 Å². The van der Waals surface area contributed by atoms with Crippen LogP contribution in [0.4, 0.5) is 0 Å². The molecule has 4 heteroatoms. The van der Waals surface area contributed by atoms with E-state index < -0.39 is 6.10 Å². The molecule has 0 saturated carbocycles. The molecule has 2 aromatic rings. The van der Waals surface area contributed by atoms with Gasteiger partial charge < -0.3 is 9.52 Å². The molecule has 1 N–H and O–H groups in total. The van der Waals surface area contributed by atoms with Gasteiger partial charge in [0.1, 0.15) is 0 Å². The summed E-state index contributed by atoms with van der Waals surface area (Å²) in [5.74, 6) is 0. The molecule has 2 aromatic heterocycles. The number of hydrogen-bond donors (Lipinski definition) is 1. The van der Waals surface area contributed by atoms with Gasteiger partial charge >= 0.3 is 0 Å². The number of thiophene rings is 1. The molecule has 0 fully saturated rings. The van der Waals surface area contributed by atoms with Crippen molar-refractivity contribution in [1.29, 1.82) is 0 Å². The first-order chi connectivity index (χ1) is 7.27. The summed E-state index contributed by atoms with van der Waals surface area (Å²) >= 11 is 7.47. The molecular formula is C11H11ClO2S. The first kappa shape index (κ1) is 10.7. The van der Waals surface area contributed by atoms with Gasteiger partial charge in [0.05, 0.1) is 12.4 Å². The molecule has 0 saturated heterocycles. The van der Waals surface area contributed by atoms with Crippen LogP contribution < -0.4 is 0 Å². The highest BCUT2D eigenvalue weighted by atomic mass is 35.5. The molecule has 2 heterocycles. The Kier molecular flexibility index (Phi) is 3.46. The van der Waals surface area contributed by atoms with E-state index in [-0.39, 0.29) is 5.22 Å². The van der Waals surface area contributed by atoms with Gasteiger partial charge in [-0.1, -0.05) is 6.07 Å². The van der Waals surface area contributed by atoms with Crippen molar-refractivity contribution in [3.63, 3.8) is 0 Å². The fourth-order valence-corrected chi connectivity index (χ4v) is 2.40. The normalized spacial score (nSPS) is 12.9. The molecule has 0 radical (unpaired) electrons. The van der Waals surface area contributed by atoms with Gasteiger partial charge in [-0.15, -0.1) is 11.3 Å². The van der Waals surface area contributed by atoms with E-state index in [4.69, 9.17) is 16.0 Å². The number of hydrogen-bond acceptors (Lipinski definition) is 3. The number of halogens is 1. The minimum Gasteiger partial charge on any atom is -0.453 e. The van der Waals surface area contributed by atoms with E-state index in [1.54, 1.807) is 17.4 Å². The van der Waals surface area contributed by atoms with Crippen molar-refractivity contribution in [3.05, 3.63) is 45.5 Å². The van der Waals surface area contributed by atoms with Crippen molar-refractivity contribution in [1.82, 2.24) is 0 Å². The highest BCUT2D eigenvalue weighted by molar-refractivity contribution is 7.09. The average molecular weight is 243 g/mol. The maximum Gasteiger partial charge on any atom is 0.198 e. The van der Waals surface area contributed by atoms with Crippen LogP contribution in [0.2, 0.25) is 5.22 Å². The van der Waals surface area contributed by atoms with E-state index in [2.05, 4.69) is 6.07 Å². The minimum atomic E-state index is -0.543. The Morgan fingerprint density at radius 3 is 2.93 bits per heavy atom. The zero-order valence-electron chi connectivity index (χ0n) is 8.02. The van der Waals surface area contributed by atoms with Gasteiger partial charge in [0.2, 0.25) is 0 Å². The Hall–Kier alpha value is -0.770. The third kappa shape index (κ3) is 2.62. The molecule has 80 valence electrons. The largest absolute Gasteiger partial charge is 0.453 e. The second-order valence-corrected chi connectivity index (χ2v) is 4.66. The molecule has 1 unspecified atom stereocenters. The fraction of sp³-hybridized carbons (Fsp3) is 0.273. The molecule has 0 spiro atoms. The van der Waals surface area contributed by atoms with Crippen molar-refractivity contribution in [2.45, 2.75) is 18.9 Å². The second-order valence-electron chi connectivity index (χ2n) is 3.28. The highest BCUT2D eigenvalue weighted by Gasteiger charge is 2.13. The highest BCUT2D eigenvalue weighted by Crippen LogP contribution is 2.27. The van der Waals surface area contributed by atoms with Crippen molar-refractivity contribution >= 4 is 22.9 Å². The monoisotopic (exact) mass is 242 g/mol. The predicted octanol–water partition coefficient (Wildman–Crippen LogP) is 3.66. The standard InChI is InChI=1S/C11H11ClO2S/c12-11-9(5-6-14-11)10(13)4-3-8-2-1-7-15-8/h1-2,5-7,10,13H,3-4H2. The van der Waals surface area contributed by atoms with Crippen molar-refractivity contribution in [3.8, 4) is 0 Å². The lowest BCUT2D eigenvalue weighted by atomic mass is 10.1. The van der Waals surface area contributed by atoms with Gasteiger partial charge in [0.15, 0.2) is 5.22 Å². The van der Waals surface area contributed by atoms with Crippen LogP contribution in [0, 0.1) is 0 Å². The van der Waals surface area contributed by atoms with E-state index in [1.807, 2.05) is 11.4 Å². The lowest BCUT2D eigenvalue weighted by molar-refractivity contribution is 0.167. The summed E-state index contributed by atoms with van der Waals surface area (Å²) < 4.78 is 4.93. The topological polar surface area (TPSA) is 33.4 Å². The van der Waals surface area contributed by atoms with Crippen LogP contribution in [-0.2, 0) is 6.42 Å². The number of aliphatic hydroxyl groups is 1. The van der Waals surface area contributed by atoms with Crippen LogP contribution in [0.5, 0.6) is 0 Å². The quantitative estimate of drug-likeness (QED) is 0.888. The molecule has 0 aliphatic heterocycles. The van der Waals surface area contributed by atoms with Gasteiger partial charge in [-0.3, -0.25) is 0 Å². The SMILES string of the molecule is OC(CCc1cccs1)c1ccoc1Cl. The van der Waals surface area contributed by atoms with E-state index in [9.17, 15) is 5.11 Å². The van der Waals surface area contributed by atoms with Crippen LogP contribution in [0.3, 0.4) is 0 Å². The second kappa shape index (κ2) is 4.84. The van der Waals surface area contributed by atoms with Crippen molar-refractivity contribution < 1.29 is 9.52 Å². The molecule has 0 aromatic carbocycles. The van der Waals surface area contributed by atoms with E-state index in [0.717, 1.165) is 6.42 Å². The Morgan fingerprint density at radius 1 is 1.47 bits per heavy atom. The van der Waals surface area contributed by atoms with Crippen molar-refractivity contribution in [2.24, 2.45) is 0 Å². The Labute approximate surface area is 97.1 Å². The molecule has 1 atom stereocenters. The molecule has 15 heavy (non-hydrogen) atoms. The third-order valence-electron chi connectivity index (χ3n) is 2.25. The smallest absolute Gasteiger partial charge is 0.198 e. The number of rotatable bonds is 4. The summed E-state index contributed by atoms with van der Waals surface area (Å²) in [5, 5.41) is 12.2. The van der Waals surface area contributed by atoms with Crippen LogP contribution in [-0.4, -0.2) is 5.11 Å². The first-order valence-corrected chi connectivity index (χ1v) is 5.96. The average Bonchev–Trinajstić information content (AvgIpc) is 2.84. The zero-order chi connectivity index (χ0) is 10.7. The lowest BCUT2D eigenvalue weighted by Crippen LogP contribution is -1.97. The molecule has 0 aliphatic carbocycles. The number of furan rings is 1. The Morgan fingerprint density at radius 2 is 2.33 bits per heavy atom. The molecule has 2 rings (SSSR count). The van der Waals surface area contributed by atoms with Gasteiger partial charge in [0, 0.05) is 10.4 Å². The number of aliphatic hydroxyl groups excluding tert-OH is 1. The maximum atomic E-state index is 9.85. The lowest BCUT2D eigenvalue weighted by Gasteiger charge is -2.07.